The van der Waals surface area contributed by atoms with Crippen LogP contribution in [-0.2, 0) is 4.79 Å². The molecule has 0 fully saturated rings. The van der Waals surface area contributed by atoms with Gasteiger partial charge in [-0.3, -0.25) is 4.79 Å². The molecule has 0 aliphatic rings. The smallest absolute Gasteiger partial charge is 0.131 e. The Hall–Kier alpha value is -1.55. The maximum Gasteiger partial charge on any atom is 0.131 e. The highest BCUT2D eigenvalue weighted by Crippen LogP contribution is 2.35. The molecule has 0 radical (unpaired) electrons. The highest BCUT2D eigenvalue weighted by Gasteiger charge is 2.21. The summed E-state index contributed by atoms with van der Waals surface area (Å²) in [4.78, 5) is 13.5. The molecule has 0 heterocycles. The molecule has 0 saturated carbocycles. The van der Waals surface area contributed by atoms with Gasteiger partial charge in [0.25, 0.3) is 0 Å². The quantitative estimate of drug-likeness (QED) is 0.792. The number of benzene rings is 1. The average Bonchev–Trinajstić information content (AvgIpc) is 2.35. The molecule has 4 heteroatoms. The molecule has 0 saturated heterocycles. The fourth-order valence-corrected chi connectivity index (χ4v) is 2.18. The molecule has 0 aliphatic heterocycles. The molecule has 4 nitrogen and oxygen atoms in total. The first-order chi connectivity index (χ1) is 8.90. The largest absolute Gasteiger partial charge is 0.496 e. The van der Waals surface area contributed by atoms with Crippen molar-refractivity contribution in [1.29, 1.82) is 0 Å². The second-order valence-electron chi connectivity index (χ2n) is 4.95. The fourth-order valence-electron chi connectivity index (χ4n) is 2.18. The van der Waals surface area contributed by atoms with E-state index in [2.05, 4.69) is 0 Å². The molecule has 1 aromatic carbocycles. The standard InChI is InChI=1S/C15H23NO3/c1-10-7-15(19-6)12(9-14(10)18-5)13(16(3)4)8-11(2)17/h7,9,13H,8H2,1-6H3. The minimum absolute atomic E-state index is 0.0121. The SMILES string of the molecule is COc1cc(C(CC(C)=O)N(C)C)c(OC)cc1C. The topological polar surface area (TPSA) is 38.8 Å². The van der Waals surface area contributed by atoms with E-state index in [9.17, 15) is 4.79 Å². The first-order valence-corrected chi connectivity index (χ1v) is 6.29. The van der Waals surface area contributed by atoms with Crippen LogP contribution >= 0.6 is 0 Å². The second-order valence-corrected chi connectivity index (χ2v) is 4.95. The van der Waals surface area contributed by atoms with Crippen LogP contribution in [0.15, 0.2) is 12.1 Å². The number of carbonyl (C=O) groups excluding carboxylic acids is 1. The molecule has 1 unspecified atom stereocenters. The van der Waals surface area contributed by atoms with E-state index in [4.69, 9.17) is 9.47 Å². The summed E-state index contributed by atoms with van der Waals surface area (Å²) >= 11 is 0. The van der Waals surface area contributed by atoms with Crippen molar-refractivity contribution in [2.24, 2.45) is 0 Å². The van der Waals surface area contributed by atoms with Gasteiger partial charge in [0.05, 0.1) is 14.2 Å². The third-order valence-corrected chi connectivity index (χ3v) is 3.21. The summed E-state index contributed by atoms with van der Waals surface area (Å²) in [6.45, 7) is 3.58. The number of Topliss-reactive ketones (excluding diaryl/α,β-unsaturated/α-hetero) is 1. The van der Waals surface area contributed by atoms with Crippen LogP contribution in [0.2, 0.25) is 0 Å². The van der Waals surface area contributed by atoms with Crippen molar-refractivity contribution < 1.29 is 14.3 Å². The van der Waals surface area contributed by atoms with Gasteiger partial charge in [-0.25, -0.2) is 0 Å². The van der Waals surface area contributed by atoms with Crippen molar-refractivity contribution >= 4 is 5.78 Å². The Balaban J connectivity index is 3.30. The van der Waals surface area contributed by atoms with Crippen molar-refractivity contribution in [1.82, 2.24) is 4.90 Å². The van der Waals surface area contributed by atoms with E-state index in [0.29, 0.717) is 6.42 Å². The van der Waals surface area contributed by atoms with E-state index < -0.39 is 0 Å². The van der Waals surface area contributed by atoms with Crippen molar-refractivity contribution in [2.45, 2.75) is 26.3 Å². The summed E-state index contributed by atoms with van der Waals surface area (Å²) in [5.41, 5.74) is 1.99. The number of aryl methyl sites for hydroxylation is 1. The molecule has 1 rings (SSSR count). The number of ether oxygens (including phenoxy) is 2. The number of nitrogens with zero attached hydrogens (tertiary/aromatic N) is 1. The zero-order chi connectivity index (χ0) is 14.6. The minimum Gasteiger partial charge on any atom is -0.496 e. The number of hydrogen-bond donors (Lipinski definition) is 0. The van der Waals surface area contributed by atoms with Gasteiger partial charge >= 0.3 is 0 Å². The van der Waals surface area contributed by atoms with Crippen LogP contribution in [0.5, 0.6) is 11.5 Å². The van der Waals surface area contributed by atoms with Crippen LogP contribution in [0.25, 0.3) is 0 Å². The number of rotatable bonds is 6. The summed E-state index contributed by atoms with van der Waals surface area (Å²) < 4.78 is 10.8. The lowest BCUT2D eigenvalue weighted by Crippen LogP contribution is -2.22. The van der Waals surface area contributed by atoms with Gasteiger partial charge in [0.1, 0.15) is 17.3 Å². The first-order valence-electron chi connectivity index (χ1n) is 6.29. The van der Waals surface area contributed by atoms with E-state index >= 15 is 0 Å². The highest BCUT2D eigenvalue weighted by atomic mass is 16.5. The maximum absolute atomic E-state index is 11.5. The fraction of sp³-hybridized carbons (Fsp3) is 0.533. The number of methoxy groups -OCH3 is 2. The molecule has 1 aromatic rings. The highest BCUT2D eigenvalue weighted by molar-refractivity contribution is 5.76. The molecular formula is C15H23NO3. The second kappa shape index (κ2) is 6.57. The molecule has 0 spiro atoms. The summed E-state index contributed by atoms with van der Waals surface area (Å²) in [6, 6.07) is 3.90. The Bertz CT molecular complexity index is 455. The van der Waals surface area contributed by atoms with Crippen LogP contribution in [-0.4, -0.2) is 39.0 Å². The van der Waals surface area contributed by atoms with Crippen molar-refractivity contribution in [2.75, 3.05) is 28.3 Å². The molecule has 0 aromatic heterocycles. The third-order valence-electron chi connectivity index (χ3n) is 3.21. The Morgan fingerprint density at radius 3 is 2.21 bits per heavy atom. The lowest BCUT2D eigenvalue weighted by Gasteiger charge is -2.26. The van der Waals surface area contributed by atoms with Crippen LogP contribution in [0.3, 0.4) is 0 Å². The summed E-state index contributed by atoms with van der Waals surface area (Å²) in [5, 5.41) is 0. The molecule has 19 heavy (non-hydrogen) atoms. The zero-order valence-electron chi connectivity index (χ0n) is 12.6. The van der Waals surface area contributed by atoms with Crippen LogP contribution in [0, 0.1) is 6.92 Å². The molecule has 0 amide bonds. The van der Waals surface area contributed by atoms with Crippen molar-refractivity contribution in [3.63, 3.8) is 0 Å². The first kappa shape index (κ1) is 15.5. The third kappa shape index (κ3) is 3.70. The van der Waals surface area contributed by atoms with Crippen LogP contribution in [0.4, 0.5) is 0 Å². The van der Waals surface area contributed by atoms with Crippen molar-refractivity contribution in [3.05, 3.63) is 23.3 Å². The molecule has 1 atom stereocenters. The van der Waals surface area contributed by atoms with E-state index in [1.807, 2.05) is 38.1 Å². The van der Waals surface area contributed by atoms with E-state index in [1.165, 1.54) is 0 Å². The molecule has 0 aliphatic carbocycles. The van der Waals surface area contributed by atoms with Gasteiger partial charge < -0.3 is 14.4 Å². The molecule has 0 N–H and O–H groups in total. The van der Waals surface area contributed by atoms with E-state index in [0.717, 1.165) is 22.6 Å². The van der Waals surface area contributed by atoms with Gasteiger partial charge in [0, 0.05) is 18.0 Å². The Morgan fingerprint density at radius 2 is 1.79 bits per heavy atom. The van der Waals surface area contributed by atoms with E-state index in [1.54, 1.807) is 21.1 Å². The summed E-state index contributed by atoms with van der Waals surface area (Å²) in [6.07, 6.45) is 0.454. The predicted octanol–water partition coefficient (Wildman–Crippen LogP) is 2.59. The van der Waals surface area contributed by atoms with Crippen molar-refractivity contribution in [3.8, 4) is 11.5 Å². The minimum atomic E-state index is -0.0121. The van der Waals surface area contributed by atoms with Crippen LogP contribution in [0.1, 0.15) is 30.5 Å². The molecular weight excluding hydrogens is 242 g/mol. The van der Waals surface area contributed by atoms with Gasteiger partial charge in [-0.15, -0.1) is 0 Å². The van der Waals surface area contributed by atoms with Gasteiger partial charge in [0.15, 0.2) is 0 Å². The van der Waals surface area contributed by atoms with Gasteiger partial charge in [0.2, 0.25) is 0 Å². The number of hydrogen-bond acceptors (Lipinski definition) is 4. The summed E-state index contributed by atoms with van der Waals surface area (Å²) in [7, 11) is 7.21. The zero-order valence-corrected chi connectivity index (χ0v) is 12.6. The van der Waals surface area contributed by atoms with Crippen LogP contribution < -0.4 is 9.47 Å². The maximum atomic E-state index is 11.5. The molecule has 0 bridgehead atoms. The lowest BCUT2D eigenvalue weighted by molar-refractivity contribution is -0.118. The summed E-state index contributed by atoms with van der Waals surface area (Å²) in [5.74, 6) is 1.75. The Morgan fingerprint density at radius 1 is 1.21 bits per heavy atom. The monoisotopic (exact) mass is 265 g/mol. The molecule has 106 valence electrons. The average molecular weight is 265 g/mol. The normalized spacial score (nSPS) is 12.4. The Labute approximate surface area is 115 Å². The van der Waals surface area contributed by atoms with Gasteiger partial charge in [-0.05, 0) is 45.6 Å². The number of ketones is 1. The van der Waals surface area contributed by atoms with E-state index in [-0.39, 0.29) is 11.8 Å². The predicted molar refractivity (Wildman–Crippen MR) is 76.0 cm³/mol. The number of carbonyl (C=O) groups is 1. The van der Waals surface area contributed by atoms with Gasteiger partial charge in [-0.2, -0.15) is 0 Å². The lowest BCUT2D eigenvalue weighted by atomic mass is 9.98. The Kier molecular flexibility index (Phi) is 5.36. The van der Waals surface area contributed by atoms with Gasteiger partial charge in [-0.1, -0.05) is 0 Å².